The molecule has 0 radical (unpaired) electrons. The fourth-order valence-corrected chi connectivity index (χ4v) is 4.06. The molecular weight excluding hydrogens is 364 g/mol. The molecule has 4 rings (SSSR count). The van der Waals surface area contributed by atoms with Crippen molar-refractivity contribution in [3.63, 3.8) is 0 Å². The number of carbonyl (C=O) groups is 2. The van der Waals surface area contributed by atoms with Crippen LogP contribution in [0.1, 0.15) is 43.0 Å². The maximum atomic E-state index is 12.9. The average molecular weight is 390 g/mol. The summed E-state index contributed by atoms with van der Waals surface area (Å²) in [6, 6.07) is 14.2. The largest absolute Gasteiger partial charge is 0.353 e. The van der Waals surface area contributed by atoms with E-state index in [0.717, 1.165) is 41.3 Å². The van der Waals surface area contributed by atoms with E-state index in [0.29, 0.717) is 12.0 Å². The lowest BCUT2D eigenvalue weighted by molar-refractivity contribution is -0.121. The van der Waals surface area contributed by atoms with E-state index in [1.54, 1.807) is 6.20 Å². The van der Waals surface area contributed by atoms with Crippen LogP contribution < -0.4 is 5.32 Å². The molecule has 0 aliphatic heterocycles. The minimum absolute atomic E-state index is 0.0213. The standard InChI is InChI=1S/C23H26N4O2/c1-3-22(28)25-19-10-11-20(13-19)27(2)23(29)16-6-4-15(5-7-16)17-8-9-18-14-24-26-21(18)12-17/h4-9,12,14,19-20H,3,10-11,13H2,1-2H3,(H,24,26)(H,25,28)/t19-,20?/m1/s1. The van der Waals surface area contributed by atoms with Gasteiger partial charge in [0.25, 0.3) is 5.91 Å². The molecule has 0 spiro atoms. The smallest absolute Gasteiger partial charge is 0.253 e. The van der Waals surface area contributed by atoms with Crippen LogP contribution in [0.5, 0.6) is 0 Å². The summed E-state index contributed by atoms with van der Waals surface area (Å²) in [5, 5.41) is 11.2. The first kappa shape index (κ1) is 19.2. The molecule has 3 aromatic rings. The molecule has 0 bridgehead atoms. The summed E-state index contributed by atoms with van der Waals surface area (Å²) in [5.74, 6) is 0.0987. The second kappa shape index (κ2) is 8.07. The van der Waals surface area contributed by atoms with Crippen molar-refractivity contribution in [3.05, 3.63) is 54.2 Å². The highest BCUT2D eigenvalue weighted by Crippen LogP contribution is 2.26. The summed E-state index contributed by atoms with van der Waals surface area (Å²) in [5.41, 5.74) is 3.82. The number of benzene rings is 2. The van der Waals surface area contributed by atoms with Crippen LogP contribution in [0.4, 0.5) is 0 Å². The van der Waals surface area contributed by atoms with Gasteiger partial charge in [0.2, 0.25) is 5.91 Å². The van der Waals surface area contributed by atoms with E-state index in [4.69, 9.17) is 0 Å². The summed E-state index contributed by atoms with van der Waals surface area (Å²) >= 11 is 0. The Morgan fingerprint density at radius 3 is 2.66 bits per heavy atom. The highest BCUT2D eigenvalue weighted by Gasteiger charge is 2.30. The molecule has 2 amide bonds. The van der Waals surface area contributed by atoms with Gasteiger partial charge in [-0.25, -0.2) is 0 Å². The van der Waals surface area contributed by atoms with E-state index < -0.39 is 0 Å². The fourth-order valence-electron chi connectivity index (χ4n) is 4.06. The Morgan fingerprint density at radius 1 is 1.14 bits per heavy atom. The van der Waals surface area contributed by atoms with Crippen molar-refractivity contribution in [2.75, 3.05) is 7.05 Å². The Balaban J connectivity index is 1.43. The first-order valence-electron chi connectivity index (χ1n) is 10.1. The summed E-state index contributed by atoms with van der Waals surface area (Å²) in [6.07, 6.45) is 4.95. The number of carbonyl (C=O) groups excluding carboxylic acids is 2. The van der Waals surface area contributed by atoms with Gasteiger partial charge in [0.1, 0.15) is 0 Å². The van der Waals surface area contributed by atoms with Crippen LogP contribution >= 0.6 is 0 Å². The summed E-state index contributed by atoms with van der Waals surface area (Å²) < 4.78 is 0. The van der Waals surface area contributed by atoms with Crippen molar-refractivity contribution in [1.82, 2.24) is 20.4 Å². The molecule has 1 saturated carbocycles. The Labute approximate surface area is 170 Å². The first-order chi connectivity index (χ1) is 14.0. The maximum Gasteiger partial charge on any atom is 0.253 e. The maximum absolute atomic E-state index is 12.9. The normalized spacial score (nSPS) is 18.7. The van der Waals surface area contributed by atoms with Crippen molar-refractivity contribution in [2.24, 2.45) is 0 Å². The SMILES string of the molecule is CCC(=O)N[C@@H]1CCC(N(C)C(=O)c2ccc(-c3ccc4cn[nH]c4c3)cc2)C1. The number of rotatable bonds is 5. The van der Waals surface area contributed by atoms with Gasteiger partial charge in [-0.2, -0.15) is 5.10 Å². The monoisotopic (exact) mass is 390 g/mol. The van der Waals surface area contributed by atoms with Crippen LogP contribution in [0, 0.1) is 0 Å². The van der Waals surface area contributed by atoms with Gasteiger partial charge in [0, 0.05) is 36.5 Å². The summed E-state index contributed by atoms with van der Waals surface area (Å²) in [6.45, 7) is 1.86. The first-order valence-corrected chi connectivity index (χ1v) is 10.1. The van der Waals surface area contributed by atoms with E-state index in [-0.39, 0.29) is 23.9 Å². The van der Waals surface area contributed by atoms with E-state index in [2.05, 4.69) is 27.6 Å². The second-order valence-corrected chi connectivity index (χ2v) is 7.75. The van der Waals surface area contributed by atoms with Crippen LogP contribution in [0.15, 0.2) is 48.7 Å². The zero-order valence-electron chi connectivity index (χ0n) is 16.8. The Bertz CT molecular complexity index is 1020. The number of hydrogen-bond acceptors (Lipinski definition) is 3. The van der Waals surface area contributed by atoms with E-state index in [1.165, 1.54) is 0 Å². The van der Waals surface area contributed by atoms with Gasteiger partial charge in [-0.05, 0) is 48.6 Å². The molecule has 1 fully saturated rings. The molecule has 6 nitrogen and oxygen atoms in total. The minimum Gasteiger partial charge on any atom is -0.353 e. The molecule has 29 heavy (non-hydrogen) atoms. The number of fused-ring (bicyclic) bond motifs is 1. The molecule has 2 atom stereocenters. The number of H-pyrrole nitrogens is 1. The van der Waals surface area contributed by atoms with Crippen LogP contribution in [-0.2, 0) is 4.79 Å². The lowest BCUT2D eigenvalue weighted by Crippen LogP contribution is -2.38. The number of aromatic amines is 1. The van der Waals surface area contributed by atoms with Gasteiger partial charge >= 0.3 is 0 Å². The topological polar surface area (TPSA) is 78.1 Å². The van der Waals surface area contributed by atoms with Gasteiger partial charge in [0.05, 0.1) is 11.7 Å². The molecule has 2 N–H and O–H groups in total. The molecular formula is C23H26N4O2. The fraction of sp³-hybridized carbons (Fsp3) is 0.348. The van der Waals surface area contributed by atoms with E-state index >= 15 is 0 Å². The molecule has 1 unspecified atom stereocenters. The number of nitrogens with one attached hydrogen (secondary N) is 2. The van der Waals surface area contributed by atoms with Gasteiger partial charge in [-0.15, -0.1) is 0 Å². The Hall–Kier alpha value is -3.15. The lowest BCUT2D eigenvalue weighted by atomic mass is 10.0. The van der Waals surface area contributed by atoms with Crippen molar-refractivity contribution >= 4 is 22.7 Å². The van der Waals surface area contributed by atoms with Crippen LogP contribution in [-0.4, -0.2) is 46.0 Å². The average Bonchev–Trinajstić information content (AvgIpc) is 3.41. The summed E-state index contributed by atoms with van der Waals surface area (Å²) in [7, 11) is 1.86. The molecule has 150 valence electrons. The van der Waals surface area contributed by atoms with Crippen molar-refractivity contribution in [1.29, 1.82) is 0 Å². The number of nitrogens with zero attached hydrogens (tertiary/aromatic N) is 2. The molecule has 1 aliphatic carbocycles. The highest BCUT2D eigenvalue weighted by molar-refractivity contribution is 5.95. The zero-order valence-corrected chi connectivity index (χ0v) is 16.8. The predicted octanol–water partition coefficient (Wildman–Crippen LogP) is 3.75. The van der Waals surface area contributed by atoms with Crippen molar-refractivity contribution < 1.29 is 9.59 Å². The molecule has 1 aliphatic rings. The Kier molecular flexibility index (Phi) is 5.34. The van der Waals surface area contributed by atoms with Gasteiger partial charge in [-0.1, -0.05) is 31.2 Å². The van der Waals surface area contributed by atoms with E-state index in [1.807, 2.05) is 49.2 Å². The molecule has 0 saturated heterocycles. The van der Waals surface area contributed by atoms with Gasteiger partial charge in [-0.3, -0.25) is 14.7 Å². The van der Waals surface area contributed by atoms with Crippen molar-refractivity contribution in [2.45, 2.75) is 44.7 Å². The molecule has 6 heteroatoms. The summed E-state index contributed by atoms with van der Waals surface area (Å²) in [4.78, 5) is 26.4. The zero-order chi connectivity index (χ0) is 20.4. The third kappa shape index (κ3) is 4.01. The third-order valence-corrected chi connectivity index (χ3v) is 5.87. The van der Waals surface area contributed by atoms with Gasteiger partial charge in [0.15, 0.2) is 0 Å². The van der Waals surface area contributed by atoms with Gasteiger partial charge < -0.3 is 10.2 Å². The lowest BCUT2D eigenvalue weighted by Gasteiger charge is -2.25. The van der Waals surface area contributed by atoms with Crippen LogP contribution in [0.3, 0.4) is 0 Å². The van der Waals surface area contributed by atoms with E-state index in [9.17, 15) is 9.59 Å². The minimum atomic E-state index is 0.0213. The third-order valence-electron chi connectivity index (χ3n) is 5.87. The number of amides is 2. The second-order valence-electron chi connectivity index (χ2n) is 7.75. The van der Waals surface area contributed by atoms with Crippen molar-refractivity contribution in [3.8, 4) is 11.1 Å². The number of hydrogen-bond donors (Lipinski definition) is 2. The Morgan fingerprint density at radius 2 is 1.90 bits per heavy atom. The predicted molar refractivity (Wildman–Crippen MR) is 113 cm³/mol. The molecule has 1 heterocycles. The number of aromatic nitrogens is 2. The molecule has 2 aromatic carbocycles. The van der Waals surface area contributed by atoms with Crippen LogP contribution in [0.2, 0.25) is 0 Å². The highest BCUT2D eigenvalue weighted by atomic mass is 16.2. The van der Waals surface area contributed by atoms with Crippen LogP contribution in [0.25, 0.3) is 22.0 Å². The molecule has 1 aromatic heterocycles. The quantitative estimate of drug-likeness (QED) is 0.696.